The Balaban J connectivity index is 2.59. The lowest BCUT2D eigenvalue weighted by molar-refractivity contribution is -0.126. The molecule has 2 rings (SSSR count). The molecular weight excluding hydrogens is 248 g/mol. The molecule has 0 atom stereocenters. The number of aryl methyl sites for hydroxylation is 1. The van der Waals surface area contributed by atoms with Crippen molar-refractivity contribution in [3.05, 3.63) is 22.6 Å². The van der Waals surface area contributed by atoms with Crippen molar-refractivity contribution >= 4 is 29.3 Å². The minimum atomic E-state index is -0.668. The molecule has 3 N–H and O–H groups in total. The summed E-state index contributed by atoms with van der Waals surface area (Å²) in [6.07, 6.45) is 1.73. The van der Waals surface area contributed by atoms with Gasteiger partial charge in [-0.3, -0.25) is 4.79 Å². The van der Waals surface area contributed by atoms with Gasteiger partial charge in [0.15, 0.2) is 10.4 Å². The van der Waals surface area contributed by atoms with E-state index in [0.29, 0.717) is 11.3 Å². The Morgan fingerprint density at radius 1 is 1.61 bits per heavy atom. The molecule has 0 bridgehead atoms. The van der Waals surface area contributed by atoms with Crippen LogP contribution >= 0.6 is 12.2 Å². The van der Waals surface area contributed by atoms with E-state index in [2.05, 4.69) is 9.97 Å². The van der Waals surface area contributed by atoms with Crippen LogP contribution in [0.2, 0.25) is 0 Å². The van der Waals surface area contributed by atoms with E-state index in [1.807, 2.05) is 17.6 Å². The molecule has 0 radical (unpaired) electrons. The highest BCUT2D eigenvalue weighted by Crippen LogP contribution is 2.22. The van der Waals surface area contributed by atoms with E-state index >= 15 is 0 Å². The Hall–Kier alpha value is -1.69. The molecule has 0 aliphatic carbocycles. The number of rotatable bonds is 3. The Kier molecular flexibility index (Phi) is 2.98. The number of amides is 1. The SMILES string of the molecule is Cc1ccnc2c1[nH]c(=S)n2CC(C)(C)C(N)=O. The minimum Gasteiger partial charge on any atom is -0.369 e. The Bertz CT molecular complexity index is 668. The van der Waals surface area contributed by atoms with Crippen molar-refractivity contribution in [2.75, 3.05) is 0 Å². The van der Waals surface area contributed by atoms with Gasteiger partial charge in [0, 0.05) is 12.7 Å². The predicted octanol–water partition coefficient (Wildman–Crippen LogP) is 1.91. The van der Waals surface area contributed by atoms with E-state index in [1.54, 1.807) is 20.0 Å². The van der Waals surface area contributed by atoms with Crippen molar-refractivity contribution in [1.29, 1.82) is 0 Å². The van der Waals surface area contributed by atoms with Gasteiger partial charge in [0.2, 0.25) is 5.91 Å². The van der Waals surface area contributed by atoms with Gasteiger partial charge in [-0.25, -0.2) is 4.98 Å². The number of hydrogen-bond acceptors (Lipinski definition) is 3. The quantitative estimate of drug-likeness (QED) is 0.831. The maximum Gasteiger partial charge on any atom is 0.224 e. The third kappa shape index (κ3) is 2.03. The number of aromatic amines is 1. The number of carbonyl (C=O) groups is 1. The molecule has 6 heteroatoms. The fourth-order valence-corrected chi connectivity index (χ4v) is 2.05. The zero-order chi connectivity index (χ0) is 13.5. The highest BCUT2D eigenvalue weighted by molar-refractivity contribution is 7.71. The highest BCUT2D eigenvalue weighted by atomic mass is 32.1. The molecule has 96 valence electrons. The fourth-order valence-electron chi connectivity index (χ4n) is 1.79. The van der Waals surface area contributed by atoms with E-state index in [-0.39, 0.29) is 5.91 Å². The molecular formula is C12H16N4OS. The monoisotopic (exact) mass is 264 g/mol. The molecule has 0 unspecified atom stereocenters. The van der Waals surface area contributed by atoms with Gasteiger partial charge >= 0.3 is 0 Å². The lowest BCUT2D eigenvalue weighted by Gasteiger charge is -2.20. The van der Waals surface area contributed by atoms with Crippen LogP contribution in [0.25, 0.3) is 11.2 Å². The number of nitrogens with one attached hydrogen (secondary N) is 1. The zero-order valence-electron chi connectivity index (χ0n) is 10.7. The predicted molar refractivity (Wildman–Crippen MR) is 72.6 cm³/mol. The number of hydrogen-bond donors (Lipinski definition) is 2. The van der Waals surface area contributed by atoms with Gasteiger partial charge in [0.05, 0.1) is 10.9 Å². The highest BCUT2D eigenvalue weighted by Gasteiger charge is 2.27. The van der Waals surface area contributed by atoms with Gasteiger partial charge in [-0.05, 0) is 44.6 Å². The molecule has 2 aromatic heterocycles. The van der Waals surface area contributed by atoms with Crippen molar-refractivity contribution in [3.8, 4) is 0 Å². The van der Waals surface area contributed by atoms with Crippen LogP contribution in [0.15, 0.2) is 12.3 Å². The molecule has 18 heavy (non-hydrogen) atoms. The Morgan fingerprint density at radius 2 is 2.28 bits per heavy atom. The lowest BCUT2D eigenvalue weighted by Crippen LogP contribution is -2.35. The topological polar surface area (TPSA) is 76.7 Å². The first-order valence-corrected chi connectivity index (χ1v) is 6.08. The number of aromatic nitrogens is 3. The molecule has 5 nitrogen and oxygen atoms in total. The standard InChI is InChI=1S/C12H16N4OS/c1-7-4-5-14-9-8(7)15-11(18)16(9)6-12(2,3)10(13)17/h4-5H,6H2,1-3H3,(H2,13,17)(H,15,18). The maximum atomic E-state index is 11.4. The van der Waals surface area contributed by atoms with Gasteiger partial charge in [-0.15, -0.1) is 0 Å². The average Bonchev–Trinajstić information content (AvgIpc) is 2.57. The first-order chi connectivity index (χ1) is 8.33. The zero-order valence-corrected chi connectivity index (χ0v) is 11.5. The van der Waals surface area contributed by atoms with Crippen molar-refractivity contribution in [2.45, 2.75) is 27.3 Å². The summed E-state index contributed by atoms with van der Waals surface area (Å²) in [4.78, 5) is 18.8. The summed E-state index contributed by atoms with van der Waals surface area (Å²) >= 11 is 5.28. The number of imidazole rings is 1. The lowest BCUT2D eigenvalue weighted by atomic mass is 9.93. The van der Waals surface area contributed by atoms with Crippen LogP contribution in [0.1, 0.15) is 19.4 Å². The molecule has 0 aliphatic rings. The van der Waals surface area contributed by atoms with E-state index in [9.17, 15) is 4.79 Å². The van der Waals surface area contributed by atoms with E-state index < -0.39 is 5.41 Å². The molecule has 0 aliphatic heterocycles. The summed E-state index contributed by atoms with van der Waals surface area (Å²) in [5, 5.41) is 0. The van der Waals surface area contributed by atoms with Gasteiger partial charge in [0.1, 0.15) is 0 Å². The number of primary amides is 1. The summed E-state index contributed by atoms with van der Waals surface area (Å²) in [6, 6.07) is 1.91. The van der Waals surface area contributed by atoms with Crippen LogP contribution in [-0.2, 0) is 11.3 Å². The number of nitrogens with two attached hydrogens (primary N) is 1. The third-order valence-corrected chi connectivity index (χ3v) is 3.41. The summed E-state index contributed by atoms with van der Waals surface area (Å²) in [7, 11) is 0. The number of H-pyrrole nitrogens is 1. The second-order valence-electron chi connectivity index (χ2n) is 5.09. The number of fused-ring (bicyclic) bond motifs is 1. The normalized spacial score (nSPS) is 11.9. The van der Waals surface area contributed by atoms with Gasteiger partial charge in [0.25, 0.3) is 0 Å². The molecule has 0 aromatic carbocycles. The smallest absolute Gasteiger partial charge is 0.224 e. The third-order valence-electron chi connectivity index (χ3n) is 3.09. The van der Waals surface area contributed by atoms with E-state index in [4.69, 9.17) is 18.0 Å². The molecule has 1 amide bonds. The molecule has 0 saturated heterocycles. The van der Waals surface area contributed by atoms with Crippen LogP contribution in [0.3, 0.4) is 0 Å². The van der Waals surface area contributed by atoms with Gasteiger partial charge in [-0.2, -0.15) is 0 Å². The van der Waals surface area contributed by atoms with Crippen molar-refractivity contribution in [2.24, 2.45) is 11.1 Å². The largest absolute Gasteiger partial charge is 0.369 e. The number of carbonyl (C=O) groups excluding carboxylic acids is 1. The van der Waals surface area contributed by atoms with Crippen LogP contribution < -0.4 is 5.73 Å². The van der Waals surface area contributed by atoms with Crippen LogP contribution in [0.4, 0.5) is 0 Å². The van der Waals surface area contributed by atoms with Crippen molar-refractivity contribution < 1.29 is 4.79 Å². The van der Waals surface area contributed by atoms with E-state index in [1.165, 1.54) is 0 Å². The average molecular weight is 264 g/mol. The summed E-state index contributed by atoms with van der Waals surface area (Å²) in [5.41, 5.74) is 7.46. The van der Waals surface area contributed by atoms with Crippen molar-refractivity contribution in [1.82, 2.24) is 14.5 Å². The molecule has 2 heterocycles. The first kappa shape index (κ1) is 12.8. The first-order valence-electron chi connectivity index (χ1n) is 5.67. The Morgan fingerprint density at radius 3 is 2.89 bits per heavy atom. The molecule has 2 aromatic rings. The Labute approximate surface area is 110 Å². The summed E-state index contributed by atoms with van der Waals surface area (Å²) in [6.45, 7) is 5.99. The number of pyridine rings is 1. The summed E-state index contributed by atoms with van der Waals surface area (Å²) in [5.74, 6) is -0.355. The van der Waals surface area contributed by atoms with Crippen LogP contribution in [0, 0.1) is 17.1 Å². The van der Waals surface area contributed by atoms with Crippen LogP contribution in [-0.4, -0.2) is 20.4 Å². The maximum absolute atomic E-state index is 11.4. The minimum absolute atomic E-state index is 0.355. The summed E-state index contributed by atoms with van der Waals surface area (Å²) < 4.78 is 2.38. The van der Waals surface area contributed by atoms with Gasteiger partial charge < -0.3 is 15.3 Å². The van der Waals surface area contributed by atoms with Crippen molar-refractivity contribution in [3.63, 3.8) is 0 Å². The second kappa shape index (κ2) is 4.20. The van der Waals surface area contributed by atoms with E-state index in [0.717, 1.165) is 16.7 Å². The second-order valence-corrected chi connectivity index (χ2v) is 5.48. The fraction of sp³-hybridized carbons (Fsp3) is 0.417. The molecule has 0 spiro atoms. The molecule has 0 fully saturated rings. The number of nitrogens with zero attached hydrogens (tertiary/aromatic N) is 2. The van der Waals surface area contributed by atoms with Gasteiger partial charge in [-0.1, -0.05) is 0 Å². The molecule has 0 saturated carbocycles. The van der Waals surface area contributed by atoms with Crippen LogP contribution in [0.5, 0.6) is 0 Å².